The third-order valence-electron chi connectivity index (χ3n) is 3.42. The monoisotopic (exact) mass is 432 g/mol. The van der Waals surface area contributed by atoms with Crippen LogP contribution in [0.5, 0.6) is 0 Å². The van der Waals surface area contributed by atoms with E-state index in [-0.39, 0.29) is 29.4 Å². The van der Waals surface area contributed by atoms with Gasteiger partial charge in [-0.3, -0.25) is 4.79 Å². The van der Waals surface area contributed by atoms with Gasteiger partial charge in [0.15, 0.2) is 0 Å². The molecule has 3 nitrogen and oxygen atoms in total. The topological polar surface area (TPSA) is 32.3 Å². The lowest BCUT2D eigenvalue weighted by Crippen LogP contribution is -2.44. The van der Waals surface area contributed by atoms with Crippen molar-refractivity contribution in [3.8, 4) is 0 Å². The first-order chi connectivity index (χ1) is 9.00. The Kier molecular flexibility index (Phi) is 6.97. The van der Waals surface area contributed by atoms with Crippen LogP contribution in [0.2, 0.25) is 5.02 Å². The molecule has 1 heterocycles. The summed E-state index contributed by atoms with van der Waals surface area (Å²) in [4.78, 5) is 14.1. The molecule has 1 fully saturated rings. The third-order valence-corrected chi connectivity index (χ3v) is 4.56. The minimum atomic E-state index is -0.397. The summed E-state index contributed by atoms with van der Waals surface area (Å²) in [7, 11) is 1.78. The van der Waals surface area contributed by atoms with Crippen LogP contribution in [-0.4, -0.2) is 37.0 Å². The highest BCUT2D eigenvalue weighted by Gasteiger charge is 2.24. The van der Waals surface area contributed by atoms with E-state index in [1.54, 1.807) is 11.9 Å². The van der Waals surface area contributed by atoms with Gasteiger partial charge >= 0.3 is 0 Å². The highest BCUT2D eigenvalue weighted by atomic mass is 127. The number of carbonyl (C=O) groups excluding carboxylic acids is 1. The zero-order chi connectivity index (χ0) is 14.0. The Balaban J connectivity index is 0.00000200. The molecule has 0 spiro atoms. The lowest BCUT2D eigenvalue weighted by Gasteiger charge is -2.32. The fourth-order valence-electron chi connectivity index (χ4n) is 2.24. The van der Waals surface area contributed by atoms with Crippen LogP contribution in [0.25, 0.3) is 0 Å². The summed E-state index contributed by atoms with van der Waals surface area (Å²) in [5, 5.41) is 3.43. The highest BCUT2D eigenvalue weighted by molar-refractivity contribution is 14.1. The van der Waals surface area contributed by atoms with Crippen LogP contribution in [-0.2, 0) is 0 Å². The van der Waals surface area contributed by atoms with Crippen LogP contribution in [0.4, 0.5) is 4.39 Å². The summed E-state index contributed by atoms with van der Waals surface area (Å²) < 4.78 is 13.8. The Morgan fingerprint density at radius 1 is 1.45 bits per heavy atom. The largest absolute Gasteiger partial charge is 0.339 e. The second-order valence-electron chi connectivity index (χ2n) is 4.64. The van der Waals surface area contributed by atoms with Gasteiger partial charge < -0.3 is 10.2 Å². The number of rotatable bonds is 2. The maximum atomic E-state index is 13.4. The molecule has 7 heteroatoms. The van der Waals surface area contributed by atoms with Gasteiger partial charge in [0.1, 0.15) is 5.82 Å². The lowest BCUT2D eigenvalue weighted by molar-refractivity contribution is 0.0703. The molecule has 1 amide bonds. The SMILES string of the molecule is CN(C(=O)c1cc(I)c(F)cc1Cl)C1CCNCC1.Cl. The molecule has 0 aliphatic carbocycles. The average molecular weight is 433 g/mol. The Hall–Kier alpha value is -0.110. The number of nitrogens with zero attached hydrogens (tertiary/aromatic N) is 1. The van der Waals surface area contributed by atoms with Gasteiger partial charge in [0.2, 0.25) is 0 Å². The predicted molar refractivity (Wildman–Crippen MR) is 89.4 cm³/mol. The minimum absolute atomic E-state index is 0. The first kappa shape index (κ1) is 17.9. The number of hydrogen-bond donors (Lipinski definition) is 1. The van der Waals surface area contributed by atoms with E-state index in [0.717, 1.165) is 25.9 Å². The molecule has 0 aromatic heterocycles. The molecule has 0 unspecified atom stereocenters. The molecule has 0 saturated carbocycles. The van der Waals surface area contributed by atoms with Crippen molar-refractivity contribution in [2.45, 2.75) is 18.9 Å². The second-order valence-corrected chi connectivity index (χ2v) is 6.21. The maximum Gasteiger partial charge on any atom is 0.255 e. The van der Waals surface area contributed by atoms with E-state index in [1.807, 2.05) is 22.6 Å². The molecule has 2 rings (SSSR count). The zero-order valence-electron chi connectivity index (χ0n) is 11.0. The van der Waals surface area contributed by atoms with Crippen molar-refractivity contribution >= 4 is 52.5 Å². The Morgan fingerprint density at radius 3 is 2.65 bits per heavy atom. The lowest BCUT2D eigenvalue weighted by atomic mass is 10.0. The van der Waals surface area contributed by atoms with E-state index >= 15 is 0 Å². The number of benzene rings is 1. The normalized spacial score (nSPS) is 15.6. The van der Waals surface area contributed by atoms with Crippen LogP contribution in [0.15, 0.2) is 12.1 Å². The molecule has 0 atom stereocenters. The van der Waals surface area contributed by atoms with Crippen molar-refractivity contribution < 1.29 is 9.18 Å². The summed E-state index contributed by atoms with van der Waals surface area (Å²) >= 11 is 7.84. The molecular formula is C13H16Cl2FIN2O. The van der Waals surface area contributed by atoms with Crippen molar-refractivity contribution in [2.75, 3.05) is 20.1 Å². The standard InChI is InChI=1S/C13H15ClFIN2O.ClH/c1-18(8-2-4-17-5-3-8)13(19)9-6-12(16)11(15)7-10(9)14;/h6-8,17H,2-5H2,1H3;1H. The summed E-state index contributed by atoms with van der Waals surface area (Å²) in [5.41, 5.74) is 0.369. The van der Waals surface area contributed by atoms with E-state index in [9.17, 15) is 9.18 Å². The first-order valence-electron chi connectivity index (χ1n) is 6.13. The molecule has 20 heavy (non-hydrogen) atoms. The molecule has 112 valence electrons. The number of nitrogens with one attached hydrogen (secondary N) is 1. The van der Waals surface area contributed by atoms with Crippen molar-refractivity contribution in [3.05, 3.63) is 32.1 Å². The second kappa shape index (κ2) is 7.77. The Bertz CT molecular complexity index is 496. The summed E-state index contributed by atoms with van der Waals surface area (Å²) in [6, 6.07) is 2.93. The van der Waals surface area contributed by atoms with Crippen molar-refractivity contribution in [1.82, 2.24) is 10.2 Å². The number of carbonyl (C=O) groups is 1. The van der Waals surface area contributed by atoms with E-state index in [4.69, 9.17) is 11.6 Å². The van der Waals surface area contributed by atoms with Gasteiger partial charge in [-0.05, 0) is 60.7 Å². The quantitative estimate of drug-likeness (QED) is 0.574. The Morgan fingerprint density at radius 2 is 2.05 bits per heavy atom. The van der Waals surface area contributed by atoms with E-state index in [0.29, 0.717) is 9.13 Å². The van der Waals surface area contributed by atoms with E-state index in [2.05, 4.69) is 5.32 Å². The summed E-state index contributed by atoms with van der Waals surface area (Å²) in [6.07, 6.45) is 1.86. The number of halogens is 4. The smallest absolute Gasteiger partial charge is 0.255 e. The van der Waals surface area contributed by atoms with Gasteiger partial charge in [-0.15, -0.1) is 12.4 Å². The minimum Gasteiger partial charge on any atom is -0.339 e. The zero-order valence-corrected chi connectivity index (χ0v) is 14.7. The summed E-state index contributed by atoms with van der Waals surface area (Å²) in [5.74, 6) is -0.540. The number of hydrogen-bond acceptors (Lipinski definition) is 2. The molecule has 0 radical (unpaired) electrons. The fraction of sp³-hybridized carbons (Fsp3) is 0.462. The van der Waals surface area contributed by atoms with Crippen LogP contribution in [0, 0.1) is 9.39 Å². The van der Waals surface area contributed by atoms with Crippen LogP contribution < -0.4 is 5.32 Å². The molecule has 0 bridgehead atoms. The average Bonchev–Trinajstić information content (AvgIpc) is 2.42. The third kappa shape index (κ3) is 3.96. The number of amides is 1. The van der Waals surface area contributed by atoms with Crippen LogP contribution in [0.1, 0.15) is 23.2 Å². The highest BCUT2D eigenvalue weighted by Crippen LogP contribution is 2.24. The van der Waals surface area contributed by atoms with Crippen molar-refractivity contribution in [1.29, 1.82) is 0 Å². The summed E-state index contributed by atoms with van der Waals surface area (Å²) in [6.45, 7) is 1.83. The van der Waals surface area contributed by atoms with Gasteiger partial charge in [0.25, 0.3) is 5.91 Å². The molecule has 1 aromatic carbocycles. The van der Waals surface area contributed by atoms with Gasteiger partial charge in [-0.25, -0.2) is 4.39 Å². The Labute approximate surface area is 142 Å². The van der Waals surface area contributed by atoms with Crippen LogP contribution >= 0.6 is 46.6 Å². The van der Waals surface area contributed by atoms with E-state index in [1.165, 1.54) is 12.1 Å². The maximum absolute atomic E-state index is 13.4. The van der Waals surface area contributed by atoms with Crippen molar-refractivity contribution in [2.24, 2.45) is 0 Å². The van der Waals surface area contributed by atoms with Crippen molar-refractivity contribution in [3.63, 3.8) is 0 Å². The molecule has 1 aliphatic heterocycles. The molecule has 1 aromatic rings. The van der Waals surface area contributed by atoms with Gasteiger partial charge in [0, 0.05) is 16.7 Å². The van der Waals surface area contributed by atoms with Gasteiger partial charge in [0.05, 0.1) is 10.6 Å². The first-order valence-corrected chi connectivity index (χ1v) is 7.59. The number of piperidine rings is 1. The molecule has 1 aliphatic rings. The predicted octanol–water partition coefficient (Wildman–Crippen LogP) is 3.33. The van der Waals surface area contributed by atoms with Gasteiger partial charge in [-0.2, -0.15) is 0 Å². The van der Waals surface area contributed by atoms with Gasteiger partial charge in [-0.1, -0.05) is 11.6 Å². The molecular weight excluding hydrogens is 417 g/mol. The van der Waals surface area contributed by atoms with Crippen LogP contribution in [0.3, 0.4) is 0 Å². The molecule has 1 N–H and O–H groups in total. The molecule has 1 saturated heterocycles. The van der Waals surface area contributed by atoms with E-state index < -0.39 is 5.82 Å². The fourth-order valence-corrected chi connectivity index (χ4v) is 2.93.